The first kappa shape index (κ1) is 18.6. The molecule has 0 aliphatic heterocycles. The van der Waals surface area contributed by atoms with Crippen LogP contribution in [0.3, 0.4) is 0 Å². The van der Waals surface area contributed by atoms with Gasteiger partial charge < -0.3 is 5.32 Å². The zero-order valence-corrected chi connectivity index (χ0v) is 14.2. The molecule has 0 radical (unpaired) electrons. The maximum atomic E-state index is 11.6. The number of rotatable bonds is 11. The normalized spacial score (nSPS) is 10.4. The van der Waals surface area contributed by atoms with Gasteiger partial charge in [-0.1, -0.05) is 58.3 Å². The molecule has 1 heterocycles. The molecule has 124 valence electrons. The van der Waals surface area contributed by atoms with Gasteiger partial charge >= 0.3 is 11.8 Å². The summed E-state index contributed by atoms with van der Waals surface area (Å²) in [6, 6.07) is 0. The lowest BCUT2D eigenvalue weighted by molar-refractivity contribution is -0.136. The highest BCUT2D eigenvalue weighted by molar-refractivity contribution is 7.13. The van der Waals surface area contributed by atoms with Crippen molar-refractivity contribution in [1.29, 1.82) is 0 Å². The molecule has 0 fully saturated rings. The van der Waals surface area contributed by atoms with Crippen molar-refractivity contribution in [1.82, 2.24) is 10.3 Å². The Morgan fingerprint density at radius 2 is 1.64 bits per heavy atom. The number of nitrogens with zero attached hydrogens (tertiary/aromatic N) is 1. The lowest BCUT2D eigenvalue weighted by Crippen LogP contribution is -2.35. The summed E-state index contributed by atoms with van der Waals surface area (Å²) in [5, 5.41) is 7.30. The van der Waals surface area contributed by atoms with Crippen LogP contribution in [0.1, 0.15) is 64.7 Å². The number of unbranched alkanes of at least 4 members (excludes halogenated alkanes) is 8. The molecule has 22 heavy (non-hydrogen) atoms. The van der Waals surface area contributed by atoms with Crippen LogP contribution >= 0.6 is 11.3 Å². The van der Waals surface area contributed by atoms with Crippen molar-refractivity contribution in [3.63, 3.8) is 0 Å². The van der Waals surface area contributed by atoms with Gasteiger partial charge in [0.25, 0.3) is 0 Å². The molecule has 1 rings (SSSR count). The molecular weight excluding hydrogens is 298 g/mol. The third-order valence-corrected chi connectivity index (χ3v) is 4.11. The number of hydrogen-bond donors (Lipinski definition) is 2. The highest BCUT2D eigenvalue weighted by atomic mass is 32.1. The van der Waals surface area contributed by atoms with E-state index in [1.54, 1.807) is 11.6 Å². The van der Waals surface area contributed by atoms with Crippen molar-refractivity contribution >= 4 is 28.3 Å². The highest BCUT2D eigenvalue weighted by Crippen LogP contribution is 2.10. The second kappa shape index (κ2) is 12.1. The van der Waals surface area contributed by atoms with Crippen molar-refractivity contribution in [2.45, 2.75) is 64.7 Å². The third kappa shape index (κ3) is 8.77. The quantitative estimate of drug-likeness (QED) is 0.481. The van der Waals surface area contributed by atoms with Crippen molar-refractivity contribution in [3.05, 3.63) is 11.6 Å². The second-order valence-corrected chi connectivity index (χ2v) is 6.27. The molecular formula is C16H27N3O2S. The summed E-state index contributed by atoms with van der Waals surface area (Å²) in [5.41, 5.74) is 0. The highest BCUT2D eigenvalue weighted by Gasteiger charge is 2.13. The lowest BCUT2D eigenvalue weighted by atomic mass is 10.1. The first-order valence-electron chi connectivity index (χ1n) is 8.22. The van der Waals surface area contributed by atoms with Gasteiger partial charge in [-0.2, -0.15) is 0 Å². The Kier molecular flexibility index (Phi) is 10.3. The first-order chi connectivity index (χ1) is 10.7. The van der Waals surface area contributed by atoms with Gasteiger partial charge in [-0.05, 0) is 6.42 Å². The average molecular weight is 325 g/mol. The molecule has 1 aromatic rings. The Hall–Kier alpha value is -1.43. The molecule has 0 unspecified atom stereocenters. The van der Waals surface area contributed by atoms with E-state index in [2.05, 4.69) is 22.5 Å². The Morgan fingerprint density at radius 1 is 1.00 bits per heavy atom. The van der Waals surface area contributed by atoms with Crippen molar-refractivity contribution in [2.75, 3.05) is 11.9 Å². The molecule has 0 aliphatic rings. The predicted molar refractivity (Wildman–Crippen MR) is 91.0 cm³/mol. The molecule has 1 aromatic heterocycles. The van der Waals surface area contributed by atoms with Crippen LogP contribution in [0, 0.1) is 0 Å². The molecule has 2 N–H and O–H groups in total. The maximum absolute atomic E-state index is 11.6. The zero-order valence-electron chi connectivity index (χ0n) is 13.4. The molecule has 0 saturated carbocycles. The fourth-order valence-corrected chi connectivity index (χ4v) is 2.68. The third-order valence-electron chi connectivity index (χ3n) is 3.42. The standard InChI is InChI=1S/C16H27N3O2S/c1-2-3-4-5-6-7-8-9-10-11-17-14(20)15(21)19-16-18-12-13-22-16/h12-13H,2-11H2,1H3,(H,17,20)(H,18,19,21). The minimum absolute atomic E-state index is 0.447. The Balaban J connectivity index is 1.93. The minimum Gasteiger partial charge on any atom is -0.348 e. The molecule has 6 heteroatoms. The Bertz CT molecular complexity index is 421. The van der Waals surface area contributed by atoms with Crippen LogP contribution in [-0.2, 0) is 9.59 Å². The monoisotopic (exact) mass is 325 g/mol. The molecule has 0 aliphatic carbocycles. The Morgan fingerprint density at radius 3 is 2.23 bits per heavy atom. The van der Waals surface area contributed by atoms with E-state index in [9.17, 15) is 9.59 Å². The number of nitrogens with one attached hydrogen (secondary N) is 2. The zero-order chi connectivity index (χ0) is 16.0. The van der Waals surface area contributed by atoms with E-state index in [1.165, 1.54) is 56.3 Å². The van der Waals surface area contributed by atoms with Crippen molar-refractivity contribution < 1.29 is 9.59 Å². The van der Waals surface area contributed by atoms with E-state index >= 15 is 0 Å². The van der Waals surface area contributed by atoms with Crippen LogP contribution in [0.25, 0.3) is 0 Å². The van der Waals surface area contributed by atoms with Crippen LogP contribution < -0.4 is 10.6 Å². The smallest absolute Gasteiger partial charge is 0.315 e. The van der Waals surface area contributed by atoms with Gasteiger partial charge in [0.05, 0.1) is 0 Å². The van der Waals surface area contributed by atoms with Crippen LogP contribution in [0.2, 0.25) is 0 Å². The summed E-state index contributed by atoms with van der Waals surface area (Å²) in [5.74, 6) is -1.24. The van der Waals surface area contributed by atoms with E-state index < -0.39 is 11.8 Å². The number of thiazole rings is 1. The van der Waals surface area contributed by atoms with E-state index in [1.807, 2.05) is 0 Å². The van der Waals surface area contributed by atoms with E-state index in [4.69, 9.17) is 0 Å². The second-order valence-electron chi connectivity index (χ2n) is 5.38. The number of aromatic nitrogens is 1. The van der Waals surface area contributed by atoms with Gasteiger partial charge in [0.15, 0.2) is 5.13 Å². The summed E-state index contributed by atoms with van der Waals surface area (Å²) < 4.78 is 0. The van der Waals surface area contributed by atoms with Crippen LogP contribution in [-0.4, -0.2) is 23.3 Å². The molecule has 2 amide bonds. The van der Waals surface area contributed by atoms with Gasteiger partial charge in [-0.15, -0.1) is 11.3 Å². The van der Waals surface area contributed by atoms with Gasteiger partial charge in [0, 0.05) is 18.1 Å². The van der Waals surface area contributed by atoms with Crippen molar-refractivity contribution in [2.24, 2.45) is 0 Å². The molecule has 0 atom stereocenters. The van der Waals surface area contributed by atoms with Crippen LogP contribution in [0.5, 0.6) is 0 Å². The van der Waals surface area contributed by atoms with E-state index in [0.717, 1.165) is 12.8 Å². The first-order valence-corrected chi connectivity index (χ1v) is 9.10. The van der Waals surface area contributed by atoms with Crippen LogP contribution in [0.15, 0.2) is 11.6 Å². The van der Waals surface area contributed by atoms with Gasteiger partial charge in [0.2, 0.25) is 0 Å². The topological polar surface area (TPSA) is 71.1 Å². The fourth-order valence-electron chi connectivity index (χ4n) is 2.16. The number of hydrogen-bond acceptors (Lipinski definition) is 4. The number of amides is 2. The molecule has 5 nitrogen and oxygen atoms in total. The van der Waals surface area contributed by atoms with Gasteiger partial charge in [-0.25, -0.2) is 4.98 Å². The van der Waals surface area contributed by atoms with E-state index in [0.29, 0.717) is 11.7 Å². The van der Waals surface area contributed by atoms with Gasteiger partial charge in [-0.3, -0.25) is 14.9 Å². The maximum Gasteiger partial charge on any atom is 0.315 e. The fraction of sp³-hybridized carbons (Fsp3) is 0.688. The summed E-state index contributed by atoms with van der Waals surface area (Å²) in [4.78, 5) is 27.0. The number of carbonyl (C=O) groups excluding carboxylic acids is 2. The molecule has 0 spiro atoms. The average Bonchev–Trinajstić information content (AvgIpc) is 3.01. The molecule has 0 bridgehead atoms. The Labute approximate surface area is 136 Å². The largest absolute Gasteiger partial charge is 0.348 e. The van der Waals surface area contributed by atoms with Crippen LogP contribution in [0.4, 0.5) is 5.13 Å². The summed E-state index contributed by atoms with van der Waals surface area (Å²) in [6.45, 7) is 2.78. The summed E-state index contributed by atoms with van der Waals surface area (Å²) in [6.07, 6.45) is 12.7. The van der Waals surface area contributed by atoms with Gasteiger partial charge in [0.1, 0.15) is 0 Å². The lowest BCUT2D eigenvalue weighted by Gasteiger charge is -2.05. The molecule has 0 aromatic carbocycles. The molecule has 0 saturated heterocycles. The summed E-state index contributed by atoms with van der Waals surface area (Å²) >= 11 is 1.29. The SMILES string of the molecule is CCCCCCCCCCCNC(=O)C(=O)Nc1nccs1. The van der Waals surface area contributed by atoms with E-state index in [-0.39, 0.29) is 0 Å². The number of carbonyl (C=O) groups is 2. The number of anilines is 1. The minimum atomic E-state index is -0.647. The summed E-state index contributed by atoms with van der Waals surface area (Å²) in [7, 11) is 0. The predicted octanol–water partition coefficient (Wildman–Crippen LogP) is 3.73. The van der Waals surface area contributed by atoms with Crippen molar-refractivity contribution in [3.8, 4) is 0 Å².